The number of fused-ring (bicyclic) bond motifs is 2. The SMILES string of the molecule is Cc1ccc(NC2=CC3(C)C(C)C(C(=NCCOCCO)N2)C3C#N)cc1. The van der Waals surface area contributed by atoms with Gasteiger partial charge in [-0.3, -0.25) is 4.99 Å². The zero-order chi connectivity index (χ0) is 19.4. The van der Waals surface area contributed by atoms with Gasteiger partial charge in [0.15, 0.2) is 0 Å². The Labute approximate surface area is 160 Å². The number of aliphatic imine (C=N–C) groups is 1. The molecule has 1 aromatic rings. The molecule has 1 aromatic carbocycles. The molecule has 0 radical (unpaired) electrons. The van der Waals surface area contributed by atoms with Crippen molar-refractivity contribution in [2.45, 2.75) is 20.8 Å². The molecule has 144 valence electrons. The van der Waals surface area contributed by atoms with Crippen LogP contribution in [-0.2, 0) is 4.74 Å². The number of nitrogens with zero attached hydrogens (tertiary/aromatic N) is 2. The summed E-state index contributed by atoms with van der Waals surface area (Å²) in [5.74, 6) is 2.01. The Morgan fingerprint density at radius 1 is 1.33 bits per heavy atom. The fraction of sp³-hybridized carbons (Fsp3) is 0.524. The van der Waals surface area contributed by atoms with E-state index in [9.17, 15) is 5.26 Å². The van der Waals surface area contributed by atoms with Crippen LogP contribution in [0.5, 0.6) is 0 Å². The maximum Gasteiger partial charge on any atom is 0.107 e. The van der Waals surface area contributed by atoms with E-state index in [0.717, 1.165) is 17.3 Å². The number of allylic oxidation sites excluding steroid dienone is 1. The Kier molecular flexibility index (Phi) is 5.83. The Hall–Kier alpha value is -2.36. The van der Waals surface area contributed by atoms with Gasteiger partial charge in [0, 0.05) is 17.0 Å². The zero-order valence-corrected chi connectivity index (χ0v) is 16.2. The van der Waals surface area contributed by atoms with Gasteiger partial charge in [-0.1, -0.05) is 31.5 Å². The third-order valence-corrected chi connectivity index (χ3v) is 5.81. The van der Waals surface area contributed by atoms with E-state index in [1.54, 1.807) is 0 Å². The minimum absolute atomic E-state index is 0.0106. The number of hydrogen-bond donors (Lipinski definition) is 3. The lowest BCUT2D eigenvalue weighted by molar-refractivity contribution is 0.0179. The lowest BCUT2D eigenvalue weighted by Gasteiger charge is -2.53. The second-order valence-electron chi connectivity index (χ2n) is 7.56. The molecule has 0 saturated heterocycles. The molecule has 0 spiro atoms. The number of amidine groups is 1. The molecule has 4 unspecified atom stereocenters. The highest BCUT2D eigenvalue weighted by atomic mass is 16.5. The van der Waals surface area contributed by atoms with Crippen LogP contribution in [0.3, 0.4) is 0 Å². The highest BCUT2D eigenvalue weighted by Gasteiger charge is 2.59. The number of nitrogens with one attached hydrogen (secondary N) is 2. The van der Waals surface area contributed by atoms with Crippen LogP contribution in [0.2, 0.25) is 0 Å². The van der Waals surface area contributed by atoms with Crippen LogP contribution < -0.4 is 10.6 Å². The molecule has 4 atom stereocenters. The fourth-order valence-corrected chi connectivity index (χ4v) is 4.03. The van der Waals surface area contributed by atoms with Gasteiger partial charge in [-0.05, 0) is 31.1 Å². The Morgan fingerprint density at radius 2 is 2.07 bits per heavy atom. The first-order chi connectivity index (χ1) is 13.0. The molecule has 4 rings (SSSR count). The Bertz CT molecular complexity index is 765. The molecule has 27 heavy (non-hydrogen) atoms. The predicted molar refractivity (Wildman–Crippen MR) is 106 cm³/mol. The standard InChI is InChI=1S/C21H28N4O2/c1-14-4-6-16(7-5-14)24-18-12-21(3)15(2)19(17(21)13-22)20(25-18)23-8-10-27-11-9-26/h4-7,12,15,17,19,24,26H,8-11H2,1-3H3,(H,23,25). The van der Waals surface area contributed by atoms with Crippen molar-refractivity contribution in [2.24, 2.45) is 28.2 Å². The van der Waals surface area contributed by atoms with Gasteiger partial charge in [0.1, 0.15) is 11.7 Å². The lowest BCUT2D eigenvalue weighted by Crippen LogP contribution is -2.55. The van der Waals surface area contributed by atoms with Gasteiger partial charge in [0.25, 0.3) is 0 Å². The molecule has 1 fully saturated rings. The highest BCUT2D eigenvalue weighted by Crippen LogP contribution is 2.58. The molecule has 3 aliphatic rings. The minimum atomic E-state index is -0.190. The first-order valence-electron chi connectivity index (χ1n) is 9.45. The normalized spacial score (nSPS) is 30.6. The van der Waals surface area contributed by atoms with E-state index < -0.39 is 0 Å². The van der Waals surface area contributed by atoms with Crippen LogP contribution >= 0.6 is 0 Å². The van der Waals surface area contributed by atoms with Crippen molar-refractivity contribution in [1.82, 2.24) is 5.32 Å². The number of anilines is 1. The van der Waals surface area contributed by atoms with Gasteiger partial charge in [-0.15, -0.1) is 0 Å². The number of aliphatic hydroxyl groups is 1. The predicted octanol–water partition coefficient (Wildman–Crippen LogP) is 2.67. The van der Waals surface area contributed by atoms with E-state index in [4.69, 9.17) is 9.84 Å². The molecule has 2 heterocycles. The molecular formula is C21H28N4O2. The number of benzene rings is 1. The number of hydrogen-bond acceptors (Lipinski definition) is 5. The molecule has 3 N–H and O–H groups in total. The summed E-state index contributed by atoms with van der Waals surface area (Å²) in [6.45, 7) is 7.67. The van der Waals surface area contributed by atoms with Crippen molar-refractivity contribution in [3.63, 3.8) is 0 Å². The van der Waals surface area contributed by atoms with E-state index in [-0.39, 0.29) is 23.9 Å². The monoisotopic (exact) mass is 368 g/mol. The zero-order valence-electron chi connectivity index (χ0n) is 16.2. The van der Waals surface area contributed by atoms with Crippen molar-refractivity contribution < 1.29 is 9.84 Å². The smallest absolute Gasteiger partial charge is 0.107 e. The van der Waals surface area contributed by atoms with E-state index in [2.05, 4.69) is 60.7 Å². The summed E-state index contributed by atoms with van der Waals surface area (Å²) >= 11 is 0. The first kappa shape index (κ1) is 19.4. The Balaban J connectivity index is 1.82. The van der Waals surface area contributed by atoms with Crippen LogP contribution in [0.4, 0.5) is 5.69 Å². The topological polar surface area (TPSA) is 89.7 Å². The summed E-state index contributed by atoms with van der Waals surface area (Å²) in [6, 6.07) is 10.7. The van der Waals surface area contributed by atoms with Gasteiger partial charge in [0.2, 0.25) is 0 Å². The average Bonchev–Trinajstić information content (AvgIpc) is 2.84. The maximum atomic E-state index is 9.73. The summed E-state index contributed by atoms with van der Waals surface area (Å²) < 4.78 is 5.31. The van der Waals surface area contributed by atoms with Crippen LogP contribution in [0, 0.1) is 41.4 Å². The Morgan fingerprint density at radius 3 is 2.74 bits per heavy atom. The van der Waals surface area contributed by atoms with Gasteiger partial charge in [-0.25, -0.2) is 0 Å². The average molecular weight is 368 g/mol. The molecule has 0 amide bonds. The summed E-state index contributed by atoms with van der Waals surface area (Å²) in [4.78, 5) is 4.69. The molecule has 1 saturated carbocycles. The third kappa shape index (κ3) is 3.85. The van der Waals surface area contributed by atoms with Crippen LogP contribution in [0.1, 0.15) is 19.4 Å². The molecule has 6 heteroatoms. The van der Waals surface area contributed by atoms with E-state index in [1.165, 1.54) is 5.56 Å². The molecule has 1 aliphatic carbocycles. The molecule has 2 bridgehead atoms. The third-order valence-electron chi connectivity index (χ3n) is 5.81. The van der Waals surface area contributed by atoms with Gasteiger partial charge < -0.3 is 20.5 Å². The second-order valence-corrected chi connectivity index (χ2v) is 7.56. The number of ether oxygens (including phenoxy) is 1. The summed E-state index contributed by atoms with van der Waals surface area (Å²) in [6.07, 6.45) is 2.15. The van der Waals surface area contributed by atoms with Gasteiger partial charge in [-0.2, -0.15) is 5.26 Å². The van der Waals surface area contributed by atoms with E-state index in [1.807, 2.05) is 12.1 Å². The number of aryl methyl sites for hydroxylation is 1. The van der Waals surface area contributed by atoms with Crippen molar-refractivity contribution in [1.29, 1.82) is 5.26 Å². The quantitative estimate of drug-likeness (QED) is 0.644. The van der Waals surface area contributed by atoms with Crippen LogP contribution in [0.25, 0.3) is 0 Å². The van der Waals surface area contributed by atoms with Crippen molar-refractivity contribution in [3.05, 3.63) is 41.7 Å². The molecule has 2 aliphatic heterocycles. The molecule has 6 nitrogen and oxygen atoms in total. The summed E-state index contributed by atoms with van der Waals surface area (Å²) in [5.41, 5.74) is 2.01. The largest absolute Gasteiger partial charge is 0.394 e. The lowest BCUT2D eigenvalue weighted by atomic mass is 9.48. The summed E-state index contributed by atoms with van der Waals surface area (Å²) in [5, 5.41) is 25.4. The molecule has 0 aromatic heterocycles. The number of aliphatic hydroxyl groups excluding tert-OH is 1. The van der Waals surface area contributed by atoms with E-state index >= 15 is 0 Å². The first-order valence-corrected chi connectivity index (χ1v) is 9.45. The van der Waals surface area contributed by atoms with Gasteiger partial charge in [0.05, 0.1) is 38.4 Å². The molecular weight excluding hydrogens is 340 g/mol. The highest BCUT2D eigenvalue weighted by molar-refractivity contribution is 5.90. The number of rotatable bonds is 7. The van der Waals surface area contributed by atoms with Crippen LogP contribution in [-0.4, -0.2) is 37.3 Å². The van der Waals surface area contributed by atoms with Crippen molar-refractivity contribution >= 4 is 11.5 Å². The minimum Gasteiger partial charge on any atom is -0.394 e. The fourth-order valence-electron chi connectivity index (χ4n) is 4.03. The summed E-state index contributed by atoms with van der Waals surface area (Å²) in [7, 11) is 0. The van der Waals surface area contributed by atoms with Crippen molar-refractivity contribution in [3.8, 4) is 6.07 Å². The maximum absolute atomic E-state index is 9.73. The van der Waals surface area contributed by atoms with Crippen molar-refractivity contribution in [2.75, 3.05) is 31.7 Å². The van der Waals surface area contributed by atoms with E-state index in [0.29, 0.717) is 25.7 Å². The van der Waals surface area contributed by atoms with Gasteiger partial charge >= 0.3 is 0 Å². The van der Waals surface area contributed by atoms with Crippen LogP contribution in [0.15, 0.2) is 41.2 Å². The number of nitriles is 1. The second kappa shape index (κ2) is 8.12.